The lowest BCUT2D eigenvalue weighted by atomic mass is 10.2. The van der Waals surface area contributed by atoms with Crippen molar-refractivity contribution in [2.75, 3.05) is 20.3 Å². The van der Waals surface area contributed by atoms with Crippen molar-refractivity contribution in [2.24, 2.45) is 0 Å². The minimum atomic E-state index is -4.51. The lowest BCUT2D eigenvalue weighted by Crippen LogP contribution is -2.21. The van der Waals surface area contributed by atoms with Gasteiger partial charge in [-0.25, -0.2) is 4.79 Å². The molecule has 0 spiro atoms. The van der Waals surface area contributed by atoms with E-state index in [0.717, 1.165) is 0 Å². The first kappa shape index (κ1) is 15.1. The van der Waals surface area contributed by atoms with E-state index in [1.165, 1.54) is 25.3 Å². The molecule has 7 heteroatoms. The van der Waals surface area contributed by atoms with E-state index in [1.54, 1.807) is 6.92 Å². The second-order valence-electron chi connectivity index (χ2n) is 3.46. The third-order valence-corrected chi connectivity index (χ3v) is 2.07. The fraction of sp³-hybridized carbons (Fsp3) is 0.417. The number of halogens is 3. The molecule has 0 aliphatic rings. The molecule has 0 radical (unpaired) electrons. The average molecular weight is 278 g/mol. The molecule has 0 unspecified atom stereocenters. The van der Waals surface area contributed by atoms with Crippen molar-refractivity contribution in [1.82, 2.24) is 0 Å². The van der Waals surface area contributed by atoms with Crippen LogP contribution < -0.4 is 9.47 Å². The number of carbonyl (C=O) groups is 1. The summed E-state index contributed by atoms with van der Waals surface area (Å²) in [5.74, 6) is -1.01. The molecule has 0 amide bonds. The second kappa shape index (κ2) is 6.31. The zero-order valence-corrected chi connectivity index (χ0v) is 10.4. The summed E-state index contributed by atoms with van der Waals surface area (Å²) in [5.41, 5.74) is -0.106. The van der Waals surface area contributed by atoms with Gasteiger partial charge in [0.05, 0.1) is 13.7 Å². The predicted octanol–water partition coefficient (Wildman–Crippen LogP) is 2.81. The predicted molar refractivity (Wildman–Crippen MR) is 60.5 cm³/mol. The summed E-state index contributed by atoms with van der Waals surface area (Å²) in [6.07, 6.45) is -4.51. The van der Waals surface area contributed by atoms with Gasteiger partial charge in [0.25, 0.3) is 0 Å². The number of esters is 1. The number of hydrogen-bond donors (Lipinski definition) is 0. The maximum absolute atomic E-state index is 12.2. The van der Waals surface area contributed by atoms with Crippen molar-refractivity contribution in [3.8, 4) is 11.5 Å². The number of para-hydroxylation sites is 1. The molecule has 106 valence electrons. The van der Waals surface area contributed by atoms with Gasteiger partial charge in [-0.3, -0.25) is 0 Å². The Morgan fingerprint density at radius 3 is 2.53 bits per heavy atom. The Hall–Kier alpha value is -1.92. The molecule has 0 fully saturated rings. The summed E-state index contributed by atoms with van der Waals surface area (Å²) in [7, 11) is 1.27. The zero-order valence-electron chi connectivity index (χ0n) is 10.4. The van der Waals surface area contributed by atoms with Gasteiger partial charge in [-0.05, 0) is 19.1 Å². The van der Waals surface area contributed by atoms with Gasteiger partial charge >= 0.3 is 12.1 Å². The van der Waals surface area contributed by atoms with Crippen LogP contribution in [0.4, 0.5) is 13.2 Å². The SMILES string of the molecule is CCOC(=O)c1cccc(OC)c1OCC(F)(F)F. The van der Waals surface area contributed by atoms with E-state index in [0.29, 0.717) is 0 Å². The molecule has 0 atom stereocenters. The quantitative estimate of drug-likeness (QED) is 0.777. The Bertz CT molecular complexity index is 443. The second-order valence-corrected chi connectivity index (χ2v) is 3.46. The summed E-state index contributed by atoms with van der Waals surface area (Å²) in [6.45, 7) is 0.183. The first-order chi connectivity index (χ1) is 8.89. The minimum Gasteiger partial charge on any atom is -0.493 e. The van der Waals surface area contributed by atoms with Crippen LogP contribution in [0.1, 0.15) is 17.3 Å². The van der Waals surface area contributed by atoms with Crippen LogP contribution in [0, 0.1) is 0 Å². The van der Waals surface area contributed by atoms with Crippen LogP contribution in [0.2, 0.25) is 0 Å². The van der Waals surface area contributed by atoms with Crippen LogP contribution in [-0.2, 0) is 4.74 Å². The molecule has 0 aliphatic carbocycles. The molecule has 0 aliphatic heterocycles. The van der Waals surface area contributed by atoms with Crippen LogP contribution in [0.15, 0.2) is 18.2 Å². The van der Waals surface area contributed by atoms with Crippen LogP contribution in [0.25, 0.3) is 0 Å². The van der Waals surface area contributed by atoms with Gasteiger partial charge in [0.2, 0.25) is 0 Å². The molecule has 0 bridgehead atoms. The molecular formula is C12H13F3O4. The highest BCUT2D eigenvalue weighted by Crippen LogP contribution is 2.33. The van der Waals surface area contributed by atoms with Gasteiger partial charge in [-0.1, -0.05) is 6.07 Å². The molecule has 19 heavy (non-hydrogen) atoms. The molecule has 0 N–H and O–H groups in total. The van der Waals surface area contributed by atoms with Gasteiger partial charge < -0.3 is 14.2 Å². The van der Waals surface area contributed by atoms with E-state index in [2.05, 4.69) is 4.74 Å². The van der Waals surface area contributed by atoms with Gasteiger partial charge in [-0.2, -0.15) is 13.2 Å². The fourth-order valence-corrected chi connectivity index (χ4v) is 1.35. The Kier molecular flexibility index (Phi) is 5.02. The number of ether oxygens (including phenoxy) is 3. The van der Waals surface area contributed by atoms with Crippen LogP contribution >= 0.6 is 0 Å². The van der Waals surface area contributed by atoms with Crippen molar-refractivity contribution in [2.45, 2.75) is 13.1 Å². The highest BCUT2D eigenvalue weighted by Gasteiger charge is 2.30. The number of alkyl halides is 3. The molecular weight excluding hydrogens is 265 g/mol. The molecule has 0 saturated heterocycles. The normalized spacial score (nSPS) is 11.0. The van der Waals surface area contributed by atoms with Crippen molar-refractivity contribution < 1.29 is 32.2 Å². The van der Waals surface area contributed by atoms with Gasteiger partial charge in [0.1, 0.15) is 5.56 Å². The fourth-order valence-electron chi connectivity index (χ4n) is 1.35. The molecule has 1 aromatic rings. The summed E-state index contributed by atoms with van der Waals surface area (Å²) in [5, 5.41) is 0. The smallest absolute Gasteiger partial charge is 0.422 e. The van der Waals surface area contributed by atoms with E-state index in [-0.39, 0.29) is 23.7 Å². The van der Waals surface area contributed by atoms with E-state index < -0.39 is 18.8 Å². The Balaban J connectivity index is 3.06. The molecule has 4 nitrogen and oxygen atoms in total. The average Bonchev–Trinajstić information content (AvgIpc) is 2.35. The maximum Gasteiger partial charge on any atom is 0.422 e. The number of rotatable bonds is 5. The molecule has 0 aromatic heterocycles. The maximum atomic E-state index is 12.2. The van der Waals surface area contributed by atoms with E-state index >= 15 is 0 Å². The summed E-state index contributed by atoms with van der Waals surface area (Å²) < 4.78 is 50.8. The van der Waals surface area contributed by atoms with Crippen LogP contribution in [-0.4, -0.2) is 32.5 Å². The minimum absolute atomic E-state index is 0.0369. The van der Waals surface area contributed by atoms with Crippen molar-refractivity contribution in [1.29, 1.82) is 0 Å². The summed E-state index contributed by atoms with van der Waals surface area (Å²) in [4.78, 5) is 11.6. The van der Waals surface area contributed by atoms with E-state index in [9.17, 15) is 18.0 Å². The molecule has 0 heterocycles. The third kappa shape index (κ3) is 4.35. The Morgan fingerprint density at radius 1 is 1.32 bits per heavy atom. The first-order valence-electron chi connectivity index (χ1n) is 5.42. The Labute approximate surface area is 108 Å². The van der Waals surface area contributed by atoms with Crippen molar-refractivity contribution >= 4 is 5.97 Å². The number of benzene rings is 1. The van der Waals surface area contributed by atoms with Crippen molar-refractivity contribution in [3.05, 3.63) is 23.8 Å². The first-order valence-corrected chi connectivity index (χ1v) is 5.42. The lowest BCUT2D eigenvalue weighted by Gasteiger charge is -2.15. The monoisotopic (exact) mass is 278 g/mol. The number of carbonyl (C=O) groups excluding carboxylic acids is 1. The number of hydrogen-bond acceptors (Lipinski definition) is 4. The van der Waals surface area contributed by atoms with Crippen LogP contribution in [0.5, 0.6) is 11.5 Å². The van der Waals surface area contributed by atoms with Crippen LogP contribution in [0.3, 0.4) is 0 Å². The van der Waals surface area contributed by atoms with E-state index in [4.69, 9.17) is 9.47 Å². The van der Waals surface area contributed by atoms with Gasteiger partial charge in [0, 0.05) is 0 Å². The summed E-state index contributed by atoms with van der Waals surface area (Å²) >= 11 is 0. The largest absolute Gasteiger partial charge is 0.493 e. The highest BCUT2D eigenvalue weighted by atomic mass is 19.4. The number of methoxy groups -OCH3 is 1. The highest BCUT2D eigenvalue weighted by molar-refractivity contribution is 5.93. The summed E-state index contributed by atoms with van der Waals surface area (Å²) in [6, 6.07) is 4.17. The lowest BCUT2D eigenvalue weighted by molar-refractivity contribution is -0.153. The van der Waals surface area contributed by atoms with Crippen molar-refractivity contribution in [3.63, 3.8) is 0 Å². The molecule has 1 rings (SSSR count). The van der Waals surface area contributed by atoms with Gasteiger partial charge in [0.15, 0.2) is 18.1 Å². The standard InChI is InChI=1S/C12H13F3O4/c1-3-18-11(16)8-5-4-6-9(17-2)10(8)19-7-12(13,14)15/h4-6H,3,7H2,1-2H3. The Morgan fingerprint density at radius 2 is 2.00 bits per heavy atom. The molecule has 1 aromatic carbocycles. The zero-order chi connectivity index (χ0) is 14.5. The van der Waals surface area contributed by atoms with E-state index in [1.807, 2.05) is 0 Å². The molecule has 0 saturated carbocycles. The third-order valence-electron chi connectivity index (χ3n) is 2.07. The van der Waals surface area contributed by atoms with Gasteiger partial charge in [-0.15, -0.1) is 0 Å². The topological polar surface area (TPSA) is 44.8 Å².